The fraction of sp³-hybridized carbons (Fsp3) is 0.250. The summed E-state index contributed by atoms with van der Waals surface area (Å²) in [6, 6.07) is 4.40. The van der Waals surface area contributed by atoms with Gasteiger partial charge in [0.2, 0.25) is 0 Å². The molecule has 0 aliphatic rings. The number of nitriles is 1. The van der Waals surface area contributed by atoms with E-state index in [1.165, 1.54) is 25.3 Å². The molecule has 20 heavy (non-hydrogen) atoms. The lowest BCUT2D eigenvalue weighted by Gasteiger charge is -2.06. The fourth-order valence-electron chi connectivity index (χ4n) is 1.75. The maximum Gasteiger partial charge on any atom is 0.435 e. The van der Waals surface area contributed by atoms with Gasteiger partial charge in [0.1, 0.15) is 6.07 Å². The van der Waals surface area contributed by atoms with E-state index in [0.29, 0.717) is 0 Å². The van der Waals surface area contributed by atoms with Gasteiger partial charge in [-0.3, -0.25) is 4.40 Å². The number of carbonyl (C=O) groups excluding carboxylic acids is 1. The molecule has 8 heteroatoms. The van der Waals surface area contributed by atoms with Crippen LogP contribution in [0.25, 0.3) is 5.65 Å². The lowest BCUT2D eigenvalue weighted by atomic mass is 10.3. The van der Waals surface area contributed by atoms with E-state index in [1.807, 2.05) is 0 Å². The third-order valence-corrected chi connectivity index (χ3v) is 2.51. The predicted octanol–water partition coefficient (Wildman–Crippen LogP) is 2.40. The molecule has 0 saturated carbocycles. The molecular weight excluding hydrogens is 275 g/mol. The molecule has 0 fully saturated rings. The van der Waals surface area contributed by atoms with Crippen LogP contribution in [0.5, 0.6) is 0 Å². The molecule has 0 N–H and O–H groups in total. The quantitative estimate of drug-likeness (QED) is 0.794. The Morgan fingerprint density at radius 2 is 2.25 bits per heavy atom. The lowest BCUT2D eigenvalue weighted by molar-refractivity contribution is -0.141. The highest BCUT2D eigenvalue weighted by Crippen LogP contribution is 2.32. The van der Waals surface area contributed by atoms with Crippen LogP contribution in [0, 0.1) is 11.3 Å². The number of carbonyl (C=O) groups is 1. The summed E-state index contributed by atoms with van der Waals surface area (Å²) in [5.41, 5.74) is -2.39. The fourth-order valence-corrected chi connectivity index (χ4v) is 1.75. The first-order valence-electron chi connectivity index (χ1n) is 5.55. The van der Waals surface area contributed by atoms with Crippen LogP contribution in [-0.2, 0) is 10.9 Å². The van der Waals surface area contributed by atoms with E-state index in [9.17, 15) is 18.0 Å². The molecule has 0 aliphatic heterocycles. The largest absolute Gasteiger partial charge is 0.461 e. The maximum absolute atomic E-state index is 13.0. The molecule has 0 amide bonds. The predicted molar refractivity (Wildman–Crippen MR) is 60.9 cm³/mol. The zero-order valence-corrected chi connectivity index (χ0v) is 10.2. The second-order valence-electron chi connectivity index (χ2n) is 3.75. The number of fused-ring (bicyclic) bond motifs is 1. The maximum atomic E-state index is 13.0. The average molecular weight is 283 g/mol. The Balaban J connectivity index is 2.81. The summed E-state index contributed by atoms with van der Waals surface area (Å²) in [7, 11) is 0. The van der Waals surface area contributed by atoms with Gasteiger partial charge in [-0.25, -0.2) is 9.78 Å². The number of esters is 1. The molecule has 2 heterocycles. The molecule has 0 spiro atoms. The number of imidazole rings is 1. The van der Waals surface area contributed by atoms with Crippen molar-refractivity contribution in [2.45, 2.75) is 13.1 Å². The van der Waals surface area contributed by atoms with Crippen molar-refractivity contribution < 1.29 is 22.7 Å². The Kier molecular flexibility index (Phi) is 3.36. The highest BCUT2D eigenvalue weighted by atomic mass is 19.4. The Labute approximate surface area is 111 Å². The van der Waals surface area contributed by atoms with Crippen molar-refractivity contribution in [1.82, 2.24) is 9.38 Å². The molecule has 0 saturated heterocycles. The Hall–Kier alpha value is -2.56. The molecule has 0 unspecified atom stereocenters. The van der Waals surface area contributed by atoms with Gasteiger partial charge in [0.25, 0.3) is 0 Å². The third kappa shape index (κ3) is 2.18. The molecule has 0 atom stereocenters. The van der Waals surface area contributed by atoms with Gasteiger partial charge < -0.3 is 4.74 Å². The van der Waals surface area contributed by atoms with Crippen molar-refractivity contribution in [2.75, 3.05) is 6.61 Å². The summed E-state index contributed by atoms with van der Waals surface area (Å²) >= 11 is 0. The number of hydrogen-bond acceptors (Lipinski definition) is 4. The second-order valence-corrected chi connectivity index (χ2v) is 3.75. The van der Waals surface area contributed by atoms with Crippen molar-refractivity contribution in [3.63, 3.8) is 0 Å². The van der Waals surface area contributed by atoms with Crippen molar-refractivity contribution in [3.8, 4) is 6.07 Å². The Morgan fingerprint density at radius 1 is 1.55 bits per heavy atom. The van der Waals surface area contributed by atoms with Crippen LogP contribution < -0.4 is 0 Å². The summed E-state index contributed by atoms with van der Waals surface area (Å²) < 4.78 is 44.4. The van der Waals surface area contributed by atoms with E-state index < -0.39 is 23.5 Å². The highest BCUT2D eigenvalue weighted by molar-refractivity contribution is 5.90. The van der Waals surface area contributed by atoms with Crippen molar-refractivity contribution >= 4 is 11.6 Å². The second kappa shape index (κ2) is 4.85. The normalized spacial score (nSPS) is 11.3. The van der Waals surface area contributed by atoms with E-state index in [4.69, 9.17) is 5.26 Å². The van der Waals surface area contributed by atoms with Gasteiger partial charge in [0.15, 0.2) is 17.0 Å². The number of hydrogen-bond donors (Lipinski definition) is 0. The number of nitrogens with zero attached hydrogens (tertiary/aromatic N) is 3. The SMILES string of the molecule is CCOC(=O)c1c(C(F)(F)F)nc2c(C#N)cccn12. The minimum absolute atomic E-state index is 0.0615. The molecule has 0 aliphatic carbocycles. The zero-order valence-electron chi connectivity index (χ0n) is 10.2. The molecule has 0 aromatic carbocycles. The van der Waals surface area contributed by atoms with Crippen molar-refractivity contribution in [2.24, 2.45) is 0 Å². The van der Waals surface area contributed by atoms with Crippen LogP contribution in [0.2, 0.25) is 0 Å². The van der Waals surface area contributed by atoms with Gasteiger partial charge in [0.05, 0.1) is 12.2 Å². The summed E-state index contributed by atoms with van der Waals surface area (Å²) in [6.45, 7) is 1.41. The molecule has 2 aromatic rings. The molecule has 104 valence electrons. The van der Waals surface area contributed by atoms with E-state index >= 15 is 0 Å². The summed E-state index contributed by atoms with van der Waals surface area (Å²) in [5, 5.41) is 8.88. The molecule has 2 rings (SSSR count). The molecule has 2 aromatic heterocycles. The van der Waals surface area contributed by atoms with Crippen LogP contribution in [-0.4, -0.2) is 22.0 Å². The Morgan fingerprint density at radius 3 is 2.80 bits per heavy atom. The van der Waals surface area contributed by atoms with Crippen LogP contribution in [0.3, 0.4) is 0 Å². The number of halogens is 3. The number of alkyl halides is 3. The standard InChI is InChI=1S/C12H8F3N3O2/c1-2-20-11(19)8-9(12(13,14)15)17-10-7(6-16)4-3-5-18(8)10/h3-5H,2H2,1H3. The smallest absolute Gasteiger partial charge is 0.435 e. The molecule has 5 nitrogen and oxygen atoms in total. The number of aromatic nitrogens is 2. The molecular formula is C12H8F3N3O2. The van der Waals surface area contributed by atoms with Crippen LogP contribution in [0.15, 0.2) is 18.3 Å². The first kappa shape index (κ1) is 13.9. The number of rotatable bonds is 2. The third-order valence-electron chi connectivity index (χ3n) is 2.51. The number of pyridine rings is 1. The summed E-state index contributed by atoms with van der Waals surface area (Å²) in [5.74, 6) is -1.14. The monoisotopic (exact) mass is 283 g/mol. The van der Waals surface area contributed by atoms with Crippen LogP contribution >= 0.6 is 0 Å². The van der Waals surface area contributed by atoms with Gasteiger partial charge in [-0.15, -0.1) is 0 Å². The van der Waals surface area contributed by atoms with Gasteiger partial charge in [0, 0.05) is 6.20 Å². The Bertz CT molecular complexity index is 713. The summed E-state index contributed by atoms with van der Waals surface area (Å²) in [4.78, 5) is 15.1. The van der Waals surface area contributed by atoms with Crippen molar-refractivity contribution in [3.05, 3.63) is 35.3 Å². The van der Waals surface area contributed by atoms with E-state index in [0.717, 1.165) is 4.40 Å². The minimum atomic E-state index is -4.82. The van der Waals surface area contributed by atoms with Gasteiger partial charge >= 0.3 is 12.1 Å². The first-order valence-corrected chi connectivity index (χ1v) is 5.55. The molecule has 0 bridgehead atoms. The van der Waals surface area contributed by atoms with Crippen LogP contribution in [0.4, 0.5) is 13.2 Å². The topological polar surface area (TPSA) is 67.4 Å². The highest BCUT2D eigenvalue weighted by Gasteiger charge is 2.41. The minimum Gasteiger partial charge on any atom is -0.461 e. The number of ether oxygens (including phenoxy) is 1. The van der Waals surface area contributed by atoms with Gasteiger partial charge in [-0.1, -0.05) is 0 Å². The zero-order chi connectivity index (χ0) is 14.9. The van der Waals surface area contributed by atoms with Gasteiger partial charge in [-0.2, -0.15) is 18.4 Å². The lowest BCUT2D eigenvalue weighted by Crippen LogP contribution is -2.16. The van der Waals surface area contributed by atoms with Gasteiger partial charge in [-0.05, 0) is 19.1 Å². The van der Waals surface area contributed by atoms with E-state index in [-0.39, 0.29) is 17.8 Å². The molecule has 0 radical (unpaired) electrons. The van der Waals surface area contributed by atoms with E-state index in [2.05, 4.69) is 9.72 Å². The van der Waals surface area contributed by atoms with Crippen molar-refractivity contribution in [1.29, 1.82) is 5.26 Å². The van der Waals surface area contributed by atoms with E-state index in [1.54, 1.807) is 6.07 Å². The first-order chi connectivity index (χ1) is 9.40. The average Bonchev–Trinajstić information content (AvgIpc) is 2.78. The van der Waals surface area contributed by atoms with Crippen LogP contribution in [0.1, 0.15) is 28.7 Å². The summed E-state index contributed by atoms with van der Waals surface area (Å²) in [6.07, 6.45) is -3.59.